The van der Waals surface area contributed by atoms with Gasteiger partial charge in [0.25, 0.3) is 5.91 Å². The van der Waals surface area contributed by atoms with E-state index in [9.17, 15) is 4.79 Å². The van der Waals surface area contributed by atoms with E-state index in [0.717, 1.165) is 31.5 Å². The third-order valence-electron chi connectivity index (χ3n) is 4.16. The molecule has 136 valence electrons. The van der Waals surface area contributed by atoms with Crippen LogP contribution in [-0.2, 0) is 6.54 Å². The summed E-state index contributed by atoms with van der Waals surface area (Å²) in [6.07, 6.45) is 3.73. The first-order chi connectivity index (χ1) is 11.5. The van der Waals surface area contributed by atoms with Gasteiger partial charge in [0.1, 0.15) is 0 Å². The van der Waals surface area contributed by atoms with E-state index in [-0.39, 0.29) is 18.3 Å². The first-order valence-corrected chi connectivity index (χ1v) is 8.62. The molecule has 0 aliphatic carbocycles. The van der Waals surface area contributed by atoms with Gasteiger partial charge < -0.3 is 10.2 Å². The van der Waals surface area contributed by atoms with Crippen molar-refractivity contribution in [2.24, 2.45) is 0 Å². The van der Waals surface area contributed by atoms with Gasteiger partial charge in [-0.25, -0.2) is 4.68 Å². The number of amides is 1. The SMILES string of the molecule is CN(Cc1ccc(Cl)c(Cl)c1)C(=O)c1cn(C2CCNCC2)nn1.Cl. The molecule has 6 nitrogen and oxygen atoms in total. The number of piperidine rings is 1. The molecule has 1 fully saturated rings. The van der Waals surface area contributed by atoms with Gasteiger partial charge in [-0.2, -0.15) is 0 Å². The van der Waals surface area contributed by atoms with Crippen LogP contribution in [0.25, 0.3) is 0 Å². The molecule has 1 aliphatic rings. The van der Waals surface area contributed by atoms with Crippen LogP contribution in [0.3, 0.4) is 0 Å². The molecule has 0 bridgehead atoms. The van der Waals surface area contributed by atoms with Gasteiger partial charge in [0.05, 0.1) is 22.3 Å². The Morgan fingerprint density at radius 2 is 2.04 bits per heavy atom. The third-order valence-corrected chi connectivity index (χ3v) is 4.90. The Labute approximate surface area is 162 Å². The molecule has 1 aliphatic heterocycles. The highest BCUT2D eigenvalue weighted by Crippen LogP contribution is 2.23. The summed E-state index contributed by atoms with van der Waals surface area (Å²) in [7, 11) is 1.73. The Balaban J connectivity index is 0.00000225. The second kappa shape index (κ2) is 8.85. The second-order valence-corrected chi connectivity index (χ2v) is 6.79. The van der Waals surface area contributed by atoms with Gasteiger partial charge in [-0.3, -0.25) is 4.79 Å². The topological polar surface area (TPSA) is 63.1 Å². The van der Waals surface area contributed by atoms with Crippen LogP contribution in [0, 0.1) is 0 Å². The summed E-state index contributed by atoms with van der Waals surface area (Å²) in [6.45, 7) is 2.35. The van der Waals surface area contributed by atoms with Crippen LogP contribution < -0.4 is 5.32 Å². The number of nitrogens with zero attached hydrogens (tertiary/aromatic N) is 4. The van der Waals surface area contributed by atoms with Gasteiger partial charge in [-0.05, 0) is 43.6 Å². The van der Waals surface area contributed by atoms with E-state index in [0.29, 0.717) is 28.3 Å². The number of halogens is 3. The smallest absolute Gasteiger partial charge is 0.276 e. The van der Waals surface area contributed by atoms with E-state index in [1.165, 1.54) is 0 Å². The summed E-state index contributed by atoms with van der Waals surface area (Å²) in [5.74, 6) is -0.166. The molecule has 3 rings (SSSR count). The normalized spacial score (nSPS) is 14.8. The minimum Gasteiger partial charge on any atom is -0.336 e. The summed E-state index contributed by atoms with van der Waals surface area (Å²) in [5, 5.41) is 12.5. The van der Waals surface area contributed by atoms with Crippen molar-refractivity contribution in [1.82, 2.24) is 25.2 Å². The highest BCUT2D eigenvalue weighted by Gasteiger charge is 2.20. The van der Waals surface area contributed by atoms with Crippen molar-refractivity contribution in [2.75, 3.05) is 20.1 Å². The predicted octanol–water partition coefficient (Wildman–Crippen LogP) is 3.20. The fraction of sp³-hybridized carbons (Fsp3) is 0.438. The molecule has 1 aromatic heterocycles. The lowest BCUT2D eigenvalue weighted by molar-refractivity contribution is 0.0779. The summed E-state index contributed by atoms with van der Waals surface area (Å²) >= 11 is 11.9. The van der Waals surface area contributed by atoms with Gasteiger partial charge in [-0.1, -0.05) is 34.5 Å². The van der Waals surface area contributed by atoms with Crippen molar-refractivity contribution >= 4 is 41.5 Å². The van der Waals surface area contributed by atoms with Crippen molar-refractivity contribution in [3.63, 3.8) is 0 Å². The first-order valence-electron chi connectivity index (χ1n) is 7.86. The average Bonchev–Trinajstić information content (AvgIpc) is 3.08. The van der Waals surface area contributed by atoms with Crippen LogP contribution in [0.1, 0.15) is 34.9 Å². The Bertz CT molecular complexity index is 730. The fourth-order valence-corrected chi connectivity index (χ4v) is 3.12. The molecule has 0 atom stereocenters. The van der Waals surface area contributed by atoms with Crippen molar-refractivity contribution in [2.45, 2.75) is 25.4 Å². The molecule has 1 saturated heterocycles. The van der Waals surface area contributed by atoms with Gasteiger partial charge >= 0.3 is 0 Å². The van der Waals surface area contributed by atoms with E-state index in [1.54, 1.807) is 35.0 Å². The molecule has 9 heteroatoms. The van der Waals surface area contributed by atoms with E-state index in [1.807, 2.05) is 6.07 Å². The molecule has 1 amide bonds. The maximum atomic E-state index is 12.5. The van der Waals surface area contributed by atoms with Gasteiger partial charge in [-0.15, -0.1) is 17.5 Å². The number of nitrogens with one attached hydrogen (secondary N) is 1. The van der Waals surface area contributed by atoms with E-state index in [2.05, 4.69) is 15.6 Å². The summed E-state index contributed by atoms with van der Waals surface area (Å²) < 4.78 is 1.81. The summed E-state index contributed by atoms with van der Waals surface area (Å²) in [4.78, 5) is 14.1. The number of aromatic nitrogens is 3. The highest BCUT2D eigenvalue weighted by molar-refractivity contribution is 6.42. The summed E-state index contributed by atoms with van der Waals surface area (Å²) in [6, 6.07) is 5.65. The first kappa shape index (κ1) is 20.0. The number of rotatable bonds is 4. The van der Waals surface area contributed by atoms with E-state index in [4.69, 9.17) is 23.2 Å². The van der Waals surface area contributed by atoms with Crippen LogP contribution >= 0.6 is 35.6 Å². The molecular weight excluding hydrogens is 385 g/mol. The molecule has 25 heavy (non-hydrogen) atoms. The molecule has 0 radical (unpaired) electrons. The molecule has 2 heterocycles. The zero-order valence-electron chi connectivity index (χ0n) is 13.8. The maximum absolute atomic E-state index is 12.5. The Hall–Kier alpha value is -1.34. The van der Waals surface area contributed by atoms with Gasteiger partial charge in [0.15, 0.2) is 5.69 Å². The lowest BCUT2D eigenvalue weighted by atomic mass is 10.1. The van der Waals surface area contributed by atoms with Crippen LogP contribution in [0.2, 0.25) is 10.0 Å². The highest BCUT2D eigenvalue weighted by atomic mass is 35.5. The predicted molar refractivity (Wildman–Crippen MR) is 101 cm³/mol. The monoisotopic (exact) mass is 403 g/mol. The van der Waals surface area contributed by atoms with E-state index >= 15 is 0 Å². The fourth-order valence-electron chi connectivity index (χ4n) is 2.80. The Kier molecular flexibility index (Phi) is 7.07. The standard InChI is InChI=1S/C16H19Cl2N5O.ClH/c1-22(9-11-2-3-13(17)14(18)8-11)16(24)15-10-23(21-20-15)12-4-6-19-7-5-12;/h2-3,8,10,12,19H,4-7,9H2,1H3;1H. The molecule has 0 spiro atoms. The minimum atomic E-state index is -0.166. The van der Waals surface area contributed by atoms with Crippen LogP contribution in [0.5, 0.6) is 0 Å². The zero-order valence-corrected chi connectivity index (χ0v) is 16.1. The van der Waals surface area contributed by atoms with Crippen molar-refractivity contribution < 1.29 is 4.79 Å². The number of hydrogen-bond acceptors (Lipinski definition) is 4. The number of carbonyl (C=O) groups is 1. The molecule has 1 aromatic carbocycles. The van der Waals surface area contributed by atoms with Crippen molar-refractivity contribution in [1.29, 1.82) is 0 Å². The lowest BCUT2D eigenvalue weighted by Gasteiger charge is -2.22. The average molecular weight is 405 g/mol. The van der Waals surface area contributed by atoms with Gasteiger partial charge in [0.2, 0.25) is 0 Å². The van der Waals surface area contributed by atoms with Crippen LogP contribution in [0.15, 0.2) is 24.4 Å². The van der Waals surface area contributed by atoms with Crippen molar-refractivity contribution in [3.05, 3.63) is 45.7 Å². The molecular formula is C16H20Cl3N5O. The Morgan fingerprint density at radius 1 is 1.32 bits per heavy atom. The molecule has 0 saturated carbocycles. The van der Waals surface area contributed by atoms with E-state index < -0.39 is 0 Å². The maximum Gasteiger partial charge on any atom is 0.276 e. The number of hydrogen-bond donors (Lipinski definition) is 1. The number of carbonyl (C=O) groups excluding carboxylic acids is 1. The number of benzene rings is 1. The molecule has 1 N–H and O–H groups in total. The minimum absolute atomic E-state index is 0. The molecule has 2 aromatic rings. The largest absolute Gasteiger partial charge is 0.336 e. The third kappa shape index (κ3) is 4.85. The molecule has 0 unspecified atom stereocenters. The van der Waals surface area contributed by atoms with Crippen molar-refractivity contribution in [3.8, 4) is 0 Å². The zero-order chi connectivity index (χ0) is 17.1. The quantitative estimate of drug-likeness (QED) is 0.850. The second-order valence-electron chi connectivity index (χ2n) is 5.97. The lowest BCUT2D eigenvalue weighted by Crippen LogP contribution is -2.29. The van der Waals surface area contributed by atoms with Crippen LogP contribution in [-0.4, -0.2) is 45.9 Å². The van der Waals surface area contributed by atoms with Gasteiger partial charge in [0, 0.05) is 13.6 Å². The Morgan fingerprint density at radius 3 is 2.72 bits per heavy atom. The summed E-state index contributed by atoms with van der Waals surface area (Å²) in [5.41, 5.74) is 1.27. The van der Waals surface area contributed by atoms with Crippen LogP contribution in [0.4, 0.5) is 0 Å².